The van der Waals surface area contributed by atoms with Crippen LogP contribution in [0.2, 0.25) is 5.02 Å². The van der Waals surface area contributed by atoms with E-state index in [0.29, 0.717) is 6.42 Å². The summed E-state index contributed by atoms with van der Waals surface area (Å²) >= 11 is 6.19. The van der Waals surface area contributed by atoms with E-state index in [4.69, 9.17) is 22.1 Å². The van der Waals surface area contributed by atoms with Crippen molar-refractivity contribution >= 4 is 11.6 Å². The van der Waals surface area contributed by atoms with Crippen molar-refractivity contribution in [3.8, 4) is 0 Å². The highest BCUT2D eigenvalue weighted by molar-refractivity contribution is 6.31. The lowest BCUT2D eigenvalue weighted by Gasteiger charge is -2.26. The van der Waals surface area contributed by atoms with Crippen LogP contribution in [0.1, 0.15) is 31.7 Å². The maximum atomic E-state index is 6.19. The number of nitrogens with two attached hydrogens (primary N) is 1. The summed E-state index contributed by atoms with van der Waals surface area (Å²) in [6.07, 6.45) is 1.49. The van der Waals surface area contributed by atoms with Crippen LogP contribution in [0.3, 0.4) is 0 Å². The zero-order valence-electron chi connectivity index (χ0n) is 11.2. The second kappa shape index (κ2) is 5.38. The SMILES string of the molecule is COC(C)(C)CC(N)Cc1c(Cl)c(C)nn1C. The smallest absolute Gasteiger partial charge is 0.0847 e. The molecule has 1 rings (SSSR count). The summed E-state index contributed by atoms with van der Waals surface area (Å²) in [6.45, 7) is 5.96. The summed E-state index contributed by atoms with van der Waals surface area (Å²) in [5, 5.41) is 5.00. The molecule has 1 heterocycles. The van der Waals surface area contributed by atoms with Gasteiger partial charge < -0.3 is 10.5 Å². The molecule has 0 aliphatic heterocycles. The van der Waals surface area contributed by atoms with Gasteiger partial charge >= 0.3 is 0 Å². The lowest BCUT2D eigenvalue weighted by atomic mass is 9.96. The van der Waals surface area contributed by atoms with Gasteiger partial charge in [0, 0.05) is 26.6 Å². The van der Waals surface area contributed by atoms with Crippen molar-refractivity contribution in [1.82, 2.24) is 9.78 Å². The minimum Gasteiger partial charge on any atom is -0.379 e. The first-order valence-electron chi connectivity index (χ1n) is 5.75. The fourth-order valence-electron chi connectivity index (χ4n) is 1.94. The molecule has 4 nitrogen and oxygen atoms in total. The third kappa shape index (κ3) is 3.69. The molecule has 1 atom stereocenters. The quantitative estimate of drug-likeness (QED) is 0.881. The minimum atomic E-state index is -0.209. The molecule has 1 aromatic rings. The molecule has 0 amide bonds. The molecular formula is C12H22ClN3O. The Bertz CT molecular complexity index is 387. The molecule has 0 radical (unpaired) electrons. The van der Waals surface area contributed by atoms with Crippen molar-refractivity contribution in [3.05, 3.63) is 16.4 Å². The number of rotatable bonds is 5. The van der Waals surface area contributed by atoms with Crippen molar-refractivity contribution in [2.24, 2.45) is 12.8 Å². The molecule has 1 unspecified atom stereocenters. The zero-order valence-corrected chi connectivity index (χ0v) is 12.0. The summed E-state index contributed by atoms with van der Waals surface area (Å²) in [6, 6.07) is 0.0113. The van der Waals surface area contributed by atoms with E-state index in [1.54, 1.807) is 11.8 Å². The number of hydrogen-bond donors (Lipinski definition) is 1. The van der Waals surface area contributed by atoms with Crippen LogP contribution in [0, 0.1) is 6.92 Å². The topological polar surface area (TPSA) is 53.1 Å². The van der Waals surface area contributed by atoms with Crippen molar-refractivity contribution in [2.45, 2.75) is 45.3 Å². The predicted octanol–water partition coefficient (Wildman–Crippen LogP) is 2.07. The second-order valence-corrected chi connectivity index (χ2v) is 5.48. The first-order chi connectivity index (χ1) is 7.76. The van der Waals surface area contributed by atoms with Gasteiger partial charge in [0.2, 0.25) is 0 Å². The number of ether oxygens (including phenoxy) is 1. The van der Waals surface area contributed by atoms with Gasteiger partial charge in [0.05, 0.1) is 22.0 Å². The van der Waals surface area contributed by atoms with Gasteiger partial charge in [-0.05, 0) is 27.2 Å². The zero-order chi connectivity index (χ0) is 13.2. The lowest BCUT2D eigenvalue weighted by Crippen LogP contribution is -2.35. The van der Waals surface area contributed by atoms with Crippen molar-refractivity contribution in [2.75, 3.05) is 7.11 Å². The van der Waals surface area contributed by atoms with Crippen LogP contribution in [-0.2, 0) is 18.2 Å². The van der Waals surface area contributed by atoms with Crippen molar-refractivity contribution in [1.29, 1.82) is 0 Å². The summed E-state index contributed by atoms with van der Waals surface area (Å²) in [5.74, 6) is 0. The monoisotopic (exact) mass is 259 g/mol. The van der Waals surface area contributed by atoms with Crippen LogP contribution < -0.4 is 5.73 Å². The van der Waals surface area contributed by atoms with E-state index < -0.39 is 0 Å². The van der Waals surface area contributed by atoms with E-state index in [9.17, 15) is 0 Å². The van der Waals surface area contributed by atoms with Crippen LogP contribution in [0.15, 0.2) is 0 Å². The Morgan fingerprint density at radius 2 is 2.12 bits per heavy atom. The molecule has 98 valence electrons. The molecule has 0 aromatic carbocycles. The summed E-state index contributed by atoms with van der Waals surface area (Å²) < 4.78 is 7.18. The average Bonchev–Trinajstić information content (AvgIpc) is 2.44. The van der Waals surface area contributed by atoms with Gasteiger partial charge in [0.1, 0.15) is 0 Å². The lowest BCUT2D eigenvalue weighted by molar-refractivity contribution is 0.0101. The Hall–Kier alpha value is -0.580. The number of aromatic nitrogens is 2. The maximum absolute atomic E-state index is 6.19. The van der Waals surface area contributed by atoms with Crippen LogP contribution in [0.4, 0.5) is 0 Å². The maximum Gasteiger partial charge on any atom is 0.0847 e. The fraction of sp³-hybridized carbons (Fsp3) is 0.750. The van der Waals surface area contributed by atoms with E-state index in [0.717, 1.165) is 22.8 Å². The minimum absolute atomic E-state index is 0.0113. The first-order valence-corrected chi connectivity index (χ1v) is 6.13. The Labute approximate surface area is 108 Å². The highest BCUT2D eigenvalue weighted by Crippen LogP contribution is 2.23. The molecular weight excluding hydrogens is 238 g/mol. The largest absolute Gasteiger partial charge is 0.379 e. The van der Waals surface area contributed by atoms with Crippen molar-refractivity contribution in [3.63, 3.8) is 0 Å². The van der Waals surface area contributed by atoms with Crippen LogP contribution >= 0.6 is 11.6 Å². The number of nitrogens with zero attached hydrogens (tertiary/aromatic N) is 2. The third-order valence-corrected chi connectivity index (χ3v) is 3.52. The van der Waals surface area contributed by atoms with Gasteiger partial charge in [0.25, 0.3) is 0 Å². The van der Waals surface area contributed by atoms with Gasteiger partial charge in [-0.15, -0.1) is 0 Å². The van der Waals surface area contributed by atoms with Crippen molar-refractivity contribution < 1.29 is 4.74 Å². The van der Waals surface area contributed by atoms with Gasteiger partial charge in [-0.1, -0.05) is 11.6 Å². The predicted molar refractivity (Wildman–Crippen MR) is 70.3 cm³/mol. The van der Waals surface area contributed by atoms with E-state index >= 15 is 0 Å². The second-order valence-electron chi connectivity index (χ2n) is 5.10. The molecule has 0 saturated heterocycles. The molecule has 2 N–H and O–H groups in total. The third-order valence-electron chi connectivity index (χ3n) is 3.02. The van der Waals surface area contributed by atoms with Gasteiger partial charge in [0.15, 0.2) is 0 Å². The highest BCUT2D eigenvalue weighted by atomic mass is 35.5. The van der Waals surface area contributed by atoms with E-state index in [2.05, 4.69) is 5.10 Å². The van der Waals surface area contributed by atoms with Crippen LogP contribution in [0.25, 0.3) is 0 Å². The van der Waals surface area contributed by atoms with E-state index in [1.807, 2.05) is 27.8 Å². The van der Waals surface area contributed by atoms with E-state index in [-0.39, 0.29) is 11.6 Å². The molecule has 0 aliphatic rings. The Morgan fingerprint density at radius 1 is 1.53 bits per heavy atom. The normalized spacial score (nSPS) is 14.1. The summed E-state index contributed by atoms with van der Waals surface area (Å²) in [7, 11) is 3.59. The van der Waals surface area contributed by atoms with Gasteiger partial charge in [-0.25, -0.2) is 0 Å². The molecule has 0 saturated carbocycles. The molecule has 0 fully saturated rings. The number of methoxy groups -OCH3 is 1. The molecule has 0 spiro atoms. The standard InChI is InChI=1S/C12H22ClN3O/c1-8-11(13)10(16(4)15-8)6-9(14)7-12(2,3)17-5/h9H,6-7,14H2,1-5H3. The first kappa shape index (κ1) is 14.5. The Kier molecular flexibility index (Phi) is 4.58. The number of aryl methyl sites for hydroxylation is 2. The molecule has 1 aromatic heterocycles. The fourth-order valence-corrected chi connectivity index (χ4v) is 2.17. The van der Waals surface area contributed by atoms with Crippen LogP contribution in [-0.4, -0.2) is 28.5 Å². The summed E-state index contributed by atoms with van der Waals surface area (Å²) in [5.41, 5.74) is 7.76. The molecule has 0 bridgehead atoms. The average molecular weight is 260 g/mol. The Balaban J connectivity index is 2.71. The van der Waals surface area contributed by atoms with Gasteiger partial charge in [-0.3, -0.25) is 4.68 Å². The van der Waals surface area contributed by atoms with Gasteiger partial charge in [-0.2, -0.15) is 5.10 Å². The number of hydrogen-bond acceptors (Lipinski definition) is 3. The number of halogens is 1. The highest BCUT2D eigenvalue weighted by Gasteiger charge is 2.22. The molecule has 0 aliphatic carbocycles. The Morgan fingerprint density at radius 3 is 2.53 bits per heavy atom. The van der Waals surface area contributed by atoms with Crippen LogP contribution in [0.5, 0.6) is 0 Å². The molecule has 5 heteroatoms. The summed E-state index contributed by atoms with van der Waals surface area (Å²) in [4.78, 5) is 0. The van der Waals surface area contributed by atoms with E-state index in [1.165, 1.54) is 0 Å². The molecule has 17 heavy (non-hydrogen) atoms.